The van der Waals surface area contributed by atoms with Crippen LogP contribution in [0, 0.1) is 12.8 Å². The zero-order chi connectivity index (χ0) is 18.9. The van der Waals surface area contributed by atoms with E-state index in [0.717, 1.165) is 29.0 Å². The second kappa shape index (κ2) is 7.50. The van der Waals surface area contributed by atoms with E-state index in [1.54, 1.807) is 7.05 Å². The fraction of sp³-hybridized carbons (Fsp3) is 0.647. The van der Waals surface area contributed by atoms with Crippen molar-refractivity contribution in [3.63, 3.8) is 0 Å². The van der Waals surface area contributed by atoms with Crippen molar-refractivity contribution in [2.75, 3.05) is 38.8 Å². The van der Waals surface area contributed by atoms with Crippen molar-refractivity contribution in [3.05, 3.63) is 17.6 Å². The summed E-state index contributed by atoms with van der Waals surface area (Å²) in [7, 11) is -1.62. The monoisotopic (exact) mass is 381 g/mol. The quantitative estimate of drug-likeness (QED) is 0.654. The number of pyridine rings is 1. The van der Waals surface area contributed by atoms with E-state index in [1.807, 2.05) is 13.0 Å². The number of ether oxygens (including phenoxy) is 1. The summed E-state index contributed by atoms with van der Waals surface area (Å²) in [5.41, 5.74) is 8.66. The normalized spacial score (nSPS) is 15.2. The third-order valence-corrected chi connectivity index (χ3v) is 6.03. The van der Waals surface area contributed by atoms with E-state index in [4.69, 9.17) is 15.5 Å². The highest BCUT2D eigenvalue weighted by Crippen LogP contribution is 2.33. The Balaban J connectivity index is 1.68. The summed E-state index contributed by atoms with van der Waals surface area (Å²) >= 11 is 0. The van der Waals surface area contributed by atoms with Crippen LogP contribution in [0.4, 0.5) is 5.82 Å². The molecule has 26 heavy (non-hydrogen) atoms. The first-order valence-electron chi connectivity index (χ1n) is 8.87. The Morgan fingerprint density at radius 3 is 2.73 bits per heavy atom. The van der Waals surface area contributed by atoms with Crippen LogP contribution in [0.1, 0.15) is 24.4 Å². The van der Waals surface area contributed by atoms with E-state index in [0.29, 0.717) is 38.0 Å². The van der Waals surface area contributed by atoms with Crippen molar-refractivity contribution >= 4 is 26.9 Å². The van der Waals surface area contributed by atoms with Crippen LogP contribution < -0.4 is 5.73 Å². The molecule has 1 aliphatic rings. The predicted molar refractivity (Wildman–Crippen MR) is 101 cm³/mol. The van der Waals surface area contributed by atoms with E-state index < -0.39 is 10.0 Å². The molecule has 0 aromatic carbocycles. The Morgan fingerprint density at radius 1 is 1.35 bits per heavy atom. The molecule has 0 amide bonds. The number of nitrogen functional groups attached to an aromatic ring is 1. The fourth-order valence-corrected chi connectivity index (χ4v) is 3.33. The van der Waals surface area contributed by atoms with Gasteiger partial charge in [0.2, 0.25) is 10.0 Å². The van der Waals surface area contributed by atoms with Gasteiger partial charge in [0.15, 0.2) is 5.82 Å². The van der Waals surface area contributed by atoms with Crippen molar-refractivity contribution in [1.29, 1.82) is 0 Å². The first kappa shape index (κ1) is 19.1. The number of anilines is 1. The van der Waals surface area contributed by atoms with Crippen LogP contribution in [0.2, 0.25) is 0 Å². The van der Waals surface area contributed by atoms with Gasteiger partial charge in [-0.05, 0) is 31.7 Å². The first-order valence-corrected chi connectivity index (χ1v) is 10.7. The molecule has 9 heteroatoms. The van der Waals surface area contributed by atoms with Gasteiger partial charge in [-0.3, -0.25) is 0 Å². The molecule has 3 rings (SSSR count). The maximum absolute atomic E-state index is 11.4. The number of sulfonamides is 1. The number of aromatic nitrogens is 3. The maximum atomic E-state index is 11.4. The lowest BCUT2D eigenvalue weighted by Crippen LogP contribution is -2.29. The highest BCUT2D eigenvalue weighted by atomic mass is 32.2. The minimum Gasteiger partial charge on any atom is -0.382 e. The average molecular weight is 382 g/mol. The molecule has 0 aliphatic heterocycles. The van der Waals surface area contributed by atoms with Crippen LogP contribution in [0.3, 0.4) is 0 Å². The van der Waals surface area contributed by atoms with Gasteiger partial charge in [0.1, 0.15) is 11.3 Å². The molecule has 1 saturated carbocycles. The Bertz CT molecular complexity index is 889. The van der Waals surface area contributed by atoms with Crippen molar-refractivity contribution in [3.8, 4) is 0 Å². The summed E-state index contributed by atoms with van der Waals surface area (Å²) in [6, 6.07) is 2.01. The Hall–Kier alpha value is -1.71. The molecule has 0 spiro atoms. The van der Waals surface area contributed by atoms with E-state index in [1.165, 1.54) is 23.4 Å². The van der Waals surface area contributed by atoms with Crippen LogP contribution in [0.25, 0.3) is 11.0 Å². The van der Waals surface area contributed by atoms with Crippen molar-refractivity contribution in [2.45, 2.75) is 32.7 Å². The number of rotatable bonds is 9. The summed E-state index contributed by atoms with van der Waals surface area (Å²) in [6.45, 7) is 3.77. The number of nitrogens with zero attached hydrogens (tertiary/aromatic N) is 4. The van der Waals surface area contributed by atoms with Gasteiger partial charge < -0.3 is 15.0 Å². The van der Waals surface area contributed by atoms with E-state index in [-0.39, 0.29) is 0 Å². The number of imidazole rings is 1. The highest BCUT2D eigenvalue weighted by Gasteiger charge is 2.25. The number of nitrogens with two attached hydrogens (primary N) is 1. The maximum Gasteiger partial charge on any atom is 0.211 e. The molecule has 1 fully saturated rings. The van der Waals surface area contributed by atoms with E-state index in [9.17, 15) is 8.42 Å². The molecule has 0 unspecified atom stereocenters. The largest absolute Gasteiger partial charge is 0.382 e. The molecule has 144 valence electrons. The third-order valence-electron chi connectivity index (χ3n) is 4.71. The number of likely N-dealkylation sites (N-methyl/N-ethyl adjacent to an activating group) is 1. The molecule has 0 saturated heterocycles. The lowest BCUT2D eigenvalue weighted by Gasteiger charge is -2.14. The molecule has 0 radical (unpaired) electrons. The van der Waals surface area contributed by atoms with Gasteiger partial charge in [0.05, 0.1) is 25.0 Å². The van der Waals surface area contributed by atoms with Gasteiger partial charge in [-0.2, -0.15) is 0 Å². The summed E-state index contributed by atoms with van der Waals surface area (Å²) in [6.07, 6.45) is 4.65. The minimum atomic E-state index is -3.17. The van der Waals surface area contributed by atoms with Crippen molar-refractivity contribution < 1.29 is 13.2 Å². The molecular formula is C17H27N5O3S. The number of hydrogen-bond donors (Lipinski definition) is 1. The van der Waals surface area contributed by atoms with Crippen LogP contribution in [-0.2, 0) is 27.7 Å². The predicted octanol–water partition coefficient (Wildman–Crippen LogP) is 1.18. The van der Waals surface area contributed by atoms with Gasteiger partial charge in [0, 0.05) is 32.3 Å². The second-order valence-electron chi connectivity index (χ2n) is 7.04. The van der Waals surface area contributed by atoms with Gasteiger partial charge in [0.25, 0.3) is 0 Å². The molecule has 0 bridgehead atoms. The molecule has 2 heterocycles. The average Bonchev–Trinajstić information content (AvgIpc) is 3.29. The number of fused-ring (bicyclic) bond motifs is 1. The van der Waals surface area contributed by atoms with Gasteiger partial charge >= 0.3 is 0 Å². The number of hydrogen-bond acceptors (Lipinski definition) is 6. The standard InChI is InChI=1S/C17H27N5O3S/c1-12-10-14-16(17(18)19-12)20-15(11-13-4-5-13)22(14)7-9-25-8-6-21(2)26(3,23)24/h10,13H,4-9,11H2,1-3H3,(H2,18,19). The van der Waals surface area contributed by atoms with Crippen LogP contribution in [0.5, 0.6) is 0 Å². The van der Waals surface area contributed by atoms with Crippen LogP contribution in [-0.4, -0.2) is 60.3 Å². The fourth-order valence-electron chi connectivity index (χ4n) is 2.92. The molecule has 1 aliphatic carbocycles. The summed E-state index contributed by atoms with van der Waals surface area (Å²) in [5.74, 6) is 2.20. The molecule has 2 aromatic heterocycles. The highest BCUT2D eigenvalue weighted by molar-refractivity contribution is 7.88. The molecule has 8 nitrogen and oxygen atoms in total. The molecule has 2 aromatic rings. The molecule has 2 N–H and O–H groups in total. The first-order chi connectivity index (χ1) is 12.3. The van der Waals surface area contributed by atoms with Gasteiger partial charge in [-0.15, -0.1) is 0 Å². The third kappa shape index (κ3) is 4.52. The smallest absolute Gasteiger partial charge is 0.211 e. The van der Waals surface area contributed by atoms with Crippen LogP contribution in [0.15, 0.2) is 6.07 Å². The summed E-state index contributed by atoms with van der Waals surface area (Å²) in [5, 5.41) is 0. The lowest BCUT2D eigenvalue weighted by molar-refractivity contribution is 0.119. The molecular weight excluding hydrogens is 354 g/mol. The van der Waals surface area contributed by atoms with E-state index in [2.05, 4.69) is 9.55 Å². The van der Waals surface area contributed by atoms with Crippen LogP contribution >= 0.6 is 0 Å². The zero-order valence-electron chi connectivity index (χ0n) is 15.6. The van der Waals surface area contributed by atoms with Gasteiger partial charge in [-0.25, -0.2) is 22.7 Å². The SMILES string of the molecule is Cc1cc2c(nc(CC3CC3)n2CCOCCN(C)S(C)(=O)=O)c(N)n1. The van der Waals surface area contributed by atoms with Gasteiger partial charge in [-0.1, -0.05) is 0 Å². The topological polar surface area (TPSA) is 103 Å². The lowest BCUT2D eigenvalue weighted by atomic mass is 10.3. The summed E-state index contributed by atoms with van der Waals surface area (Å²) < 4.78 is 31.9. The Kier molecular flexibility index (Phi) is 5.50. The zero-order valence-corrected chi connectivity index (χ0v) is 16.4. The Morgan fingerprint density at radius 2 is 2.08 bits per heavy atom. The van der Waals surface area contributed by atoms with Crippen molar-refractivity contribution in [1.82, 2.24) is 18.8 Å². The summed E-state index contributed by atoms with van der Waals surface area (Å²) in [4.78, 5) is 9.04. The molecule has 0 atom stereocenters. The minimum absolute atomic E-state index is 0.342. The van der Waals surface area contributed by atoms with E-state index >= 15 is 0 Å². The Labute approximate surface area is 154 Å². The van der Waals surface area contributed by atoms with Crippen molar-refractivity contribution in [2.24, 2.45) is 5.92 Å². The second-order valence-corrected chi connectivity index (χ2v) is 9.13. The number of aryl methyl sites for hydroxylation is 1.